The lowest BCUT2D eigenvalue weighted by Crippen LogP contribution is -2.21. The number of carbonyl (C=O) groups is 2. The molecule has 1 amide bonds. The maximum absolute atomic E-state index is 12.5. The Bertz CT molecular complexity index is 1080. The van der Waals surface area contributed by atoms with E-state index in [9.17, 15) is 9.59 Å². The number of hydrogen-bond acceptors (Lipinski definition) is 6. The fourth-order valence-corrected chi connectivity index (χ4v) is 4.30. The number of amides is 1. The van der Waals surface area contributed by atoms with E-state index in [0.29, 0.717) is 33.5 Å². The van der Waals surface area contributed by atoms with Crippen molar-refractivity contribution in [2.75, 3.05) is 25.6 Å². The number of esters is 1. The highest BCUT2D eigenvalue weighted by Gasteiger charge is 2.25. The van der Waals surface area contributed by atoms with Crippen LogP contribution in [-0.4, -0.2) is 32.2 Å². The smallest absolute Gasteiger partial charge is 0.341 e. The molecule has 0 fully saturated rings. The van der Waals surface area contributed by atoms with Gasteiger partial charge in [0.1, 0.15) is 22.1 Å². The van der Waals surface area contributed by atoms with Crippen LogP contribution >= 0.6 is 22.9 Å². The van der Waals surface area contributed by atoms with Gasteiger partial charge in [-0.1, -0.05) is 23.7 Å². The number of halogens is 1. The highest BCUT2D eigenvalue weighted by atomic mass is 35.5. The van der Waals surface area contributed by atoms with Crippen LogP contribution in [0.2, 0.25) is 5.02 Å². The van der Waals surface area contributed by atoms with Gasteiger partial charge < -0.3 is 19.5 Å². The molecular weight excluding hydrogens is 438 g/mol. The van der Waals surface area contributed by atoms with E-state index in [4.69, 9.17) is 25.8 Å². The minimum absolute atomic E-state index is 0.210. The summed E-state index contributed by atoms with van der Waals surface area (Å²) in [7, 11) is 1.30. The summed E-state index contributed by atoms with van der Waals surface area (Å²) in [5.41, 5.74) is 1.75. The summed E-state index contributed by atoms with van der Waals surface area (Å²) in [4.78, 5) is 25.9. The van der Waals surface area contributed by atoms with Crippen LogP contribution in [0, 0.1) is 6.92 Å². The molecule has 0 bridgehead atoms. The van der Waals surface area contributed by atoms with Gasteiger partial charge in [-0.15, -0.1) is 11.3 Å². The Morgan fingerprint density at radius 1 is 1.06 bits per heavy atom. The molecule has 0 saturated heterocycles. The SMILES string of the molecule is CCOc1ccc(OCC(=O)Nc2sc(C)c(-c3cccc(Cl)c3)c2C(=O)OC)cc1. The molecule has 0 atom stereocenters. The maximum Gasteiger partial charge on any atom is 0.341 e. The second-order valence-corrected chi connectivity index (χ2v) is 8.14. The first-order chi connectivity index (χ1) is 14.9. The van der Waals surface area contributed by atoms with Crippen molar-refractivity contribution in [1.29, 1.82) is 0 Å². The first-order valence-corrected chi connectivity index (χ1v) is 10.8. The fraction of sp³-hybridized carbons (Fsp3) is 0.217. The van der Waals surface area contributed by atoms with Crippen molar-refractivity contribution in [3.05, 3.63) is 64.0 Å². The molecule has 162 valence electrons. The summed E-state index contributed by atoms with van der Waals surface area (Å²) >= 11 is 7.42. The minimum Gasteiger partial charge on any atom is -0.494 e. The van der Waals surface area contributed by atoms with Gasteiger partial charge in [-0.3, -0.25) is 4.79 Å². The number of nitrogens with one attached hydrogen (secondary N) is 1. The van der Waals surface area contributed by atoms with Crippen molar-refractivity contribution in [3.8, 4) is 22.6 Å². The molecule has 6 nitrogen and oxygen atoms in total. The normalized spacial score (nSPS) is 10.5. The highest BCUT2D eigenvalue weighted by Crippen LogP contribution is 2.41. The number of aryl methyl sites for hydroxylation is 1. The van der Waals surface area contributed by atoms with E-state index < -0.39 is 11.9 Å². The summed E-state index contributed by atoms with van der Waals surface area (Å²) in [5.74, 6) is 0.332. The molecule has 1 aromatic heterocycles. The lowest BCUT2D eigenvalue weighted by molar-refractivity contribution is -0.118. The summed E-state index contributed by atoms with van der Waals surface area (Å²) in [6, 6.07) is 14.2. The number of thiophene rings is 1. The van der Waals surface area contributed by atoms with Crippen LogP contribution in [0.25, 0.3) is 11.1 Å². The molecule has 3 aromatic rings. The Hall–Kier alpha value is -3.03. The summed E-state index contributed by atoms with van der Waals surface area (Å²) in [6.07, 6.45) is 0. The van der Waals surface area contributed by atoms with Crippen molar-refractivity contribution in [2.24, 2.45) is 0 Å². The third kappa shape index (κ3) is 5.57. The summed E-state index contributed by atoms with van der Waals surface area (Å²) in [5, 5.41) is 3.72. The molecule has 0 aliphatic carbocycles. The lowest BCUT2D eigenvalue weighted by Gasteiger charge is -2.10. The van der Waals surface area contributed by atoms with Crippen molar-refractivity contribution >= 4 is 39.8 Å². The van der Waals surface area contributed by atoms with Gasteiger partial charge >= 0.3 is 5.97 Å². The van der Waals surface area contributed by atoms with Crippen molar-refractivity contribution < 1.29 is 23.8 Å². The zero-order valence-corrected chi connectivity index (χ0v) is 18.9. The van der Waals surface area contributed by atoms with Crippen LogP contribution in [-0.2, 0) is 9.53 Å². The number of ether oxygens (including phenoxy) is 3. The Morgan fingerprint density at radius 2 is 1.74 bits per heavy atom. The predicted molar refractivity (Wildman–Crippen MR) is 123 cm³/mol. The number of hydrogen-bond donors (Lipinski definition) is 1. The summed E-state index contributed by atoms with van der Waals surface area (Å²) in [6.45, 7) is 4.14. The third-order valence-electron chi connectivity index (χ3n) is 4.34. The number of anilines is 1. The quantitative estimate of drug-likeness (QED) is 0.445. The van der Waals surface area contributed by atoms with Crippen LogP contribution in [0.15, 0.2) is 48.5 Å². The molecule has 8 heteroatoms. The van der Waals surface area contributed by atoms with E-state index in [1.54, 1.807) is 42.5 Å². The Kier molecular flexibility index (Phi) is 7.55. The molecule has 1 heterocycles. The van der Waals surface area contributed by atoms with Gasteiger partial charge in [-0.05, 0) is 55.8 Å². The number of rotatable bonds is 8. The molecule has 0 spiro atoms. The van der Waals surface area contributed by atoms with Crippen LogP contribution in [0.4, 0.5) is 5.00 Å². The number of carbonyl (C=O) groups excluding carboxylic acids is 2. The lowest BCUT2D eigenvalue weighted by atomic mass is 10.0. The van der Waals surface area contributed by atoms with Gasteiger partial charge in [-0.25, -0.2) is 4.79 Å². The molecule has 0 radical (unpaired) electrons. The topological polar surface area (TPSA) is 73.9 Å². The van der Waals surface area contributed by atoms with E-state index in [0.717, 1.165) is 16.2 Å². The molecule has 0 unspecified atom stereocenters. The first kappa shape index (κ1) is 22.7. The van der Waals surface area contributed by atoms with Crippen LogP contribution in [0.3, 0.4) is 0 Å². The fourth-order valence-electron chi connectivity index (χ4n) is 3.03. The third-order valence-corrected chi connectivity index (χ3v) is 5.60. The standard InChI is InChI=1S/C23H22ClNO5S/c1-4-29-17-8-10-18(11-9-17)30-13-19(26)25-22-21(23(27)28-3)20(14(2)31-22)15-6-5-7-16(24)12-15/h5-12H,4,13H2,1-3H3,(H,25,26). The predicted octanol–water partition coefficient (Wildman–Crippen LogP) is 5.58. The van der Waals surface area contributed by atoms with Crippen LogP contribution < -0.4 is 14.8 Å². The second-order valence-electron chi connectivity index (χ2n) is 6.48. The summed E-state index contributed by atoms with van der Waals surface area (Å²) < 4.78 is 15.9. The number of benzene rings is 2. The minimum atomic E-state index is -0.540. The molecule has 0 aliphatic rings. The zero-order chi connectivity index (χ0) is 22.4. The van der Waals surface area contributed by atoms with Gasteiger partial charge in [0.2, 0.25) is 0 Å². The van der Waals surface area contributed by atoms with Crippen molar-refractivity contribution in [3.63, 3.8) is 0 Å². The van der Waals surface area contributed by atoms with E-state index in [1.807, 2.05) is 19.9 Å². The first-order valence-electron chi connectivity index (χ1n) is 9.56. The van der Waals surface area contributed by atoms with Crippen molar-refractivity contribution in [1.82, 2.24) is 0 Å². The Labute approximate surface area is 189 Å². The van der Waals surface area contributed by atoms with Gasteiger partial charge in [0.25, 0.3) is 5.91 Å². The molecule has 31 heavy (non-hydrogen) atoms. The average Bonchev–Trinajstić information content (AvgIpc) is 3.08. The van der Waals surface area contributed by atoms with E-state index in [-0.39, 0.29) is 6.61 Å². The van der Waals surface area contributed by atoms with Crippen molar-refractivity contribution in [2.45, 2.75) is 13.8 Å². The average molecular weight is 460 g/mol. The maximum atomic E-state index is 12.5. The molecular formula is C23H22ClNO5S. The van der Waals surface area contributed by atoms with E-state index in [1.165, 1.54) is 18.4 Å². The van der Waals surface area contributed by atoms with Gasteiger partial charge in [0.05, 0.1) is 13.7 Å². The molecule has 0 saturated carbocycles. The van der Waals surface area contributed by atoms with Gasteiger partial charge in [0.15, 0.2) is 6.61 Å². The Balaban J connectivity index is 1.78. The molecule has 0 aliphatic heterocycles. The van der Waals surface area contributed by atoms with Crippen LogP contribution in [0.5, 0.6) is 11.5 Å². The molecule has 3 rings (SSSR count). The highest BCUT2D eigenvalue weighted by molar-refractivity contribution is 7.17. The number of methoxy groups -OCH3 is 1. The van der Waals surface area contributed by atoms with Gasteiger partial charge in [0, 0.05) is 15.5 Å². The van der Waals surface area contributed by atoms with E-state index >= 15 is 0 Å². The monoisotopic (exact) mass is 459 g/mol. The second kappa shape index (κ2) is 10.3. The zero-order valence-electron chi connectivity index (χ0n) is 17.4. The molecule has 1 N–H and O–H groups in total. The largest absolute Gasteiger partial charge is 0.494 e. The Morgan fingerprint density at radius 3 is 2.35 bits per heavy atom. The van der Waals surface area contributed by atoms with E-state index in [2.05, 4.69) is 5.32 Å². The van der Waals surface area contributed by atoms with Crippen LogP contribution in [0.1, 0.15) is 22.2 Å². The van der Waals surface area contributed by atoms with Gasteiger partial charge in [-0.2, -0.15) is 0 Å². The molecule has 2 aromatic carbocycles.